The Morgan fingerprint density at radius 3 is 2.58 bits per heavy atom. The quantitative estimate of drug-likeness (QED) is 0.777. The lowest BCUT2D eigenvalue weighted by molar-refractivity contribution is -0.133. The Balaban J connectivity index is 1.60. The van der Waals surface area contributed by atoms with Gasteiger partial charge in [0.2, 0.25) is 5.91 Å². The van der Waals surface area contributed by atoms with Gasteiger partial charge in [-0.15, -0.1) is 10.2 Å². The highest BCUT2D eigenvalue weighted by molar-refractivity contribution is 5.76. The van der Waals surface area contributed by atoms with E-state index in [2.05, 4.69) is 31.7 Å². The minimum Gasteiger partial charge on any atom is -0.341 e. The molecule has 1 saturated heterocycles. The lowest BCUT2D eigenvalue weighted by Gasteiger charge is -2.31. The third kappa shape index (κ3) is 4.12. The van der Waals surface area contributed by atoms with E-state index in [4.69, 9.17) is 0 Å². The maximum atomic E-state index is 12.5. The van der Waals surface area contributed by atoms with Crippen LogP contribution in [0, 0.1) is 6.92 Å². The van der Waals surface area contributed by atoms with Crippen LogP contribution >= 0.6 is 0 Å². The van der Waals surface area contributed by atoms with Gasteiger partial charge in [-0.3, -0.25) is 9.48 Å². The molecule has 0 atom stereocenters. The van der Waals surface area contributed by atoms with Crippen molar-refractivity contribution in [2.24, 2.45) is 0 Å². The van der Waals surface area contributed by atoms with E-state index < -0.39 is 0 Å². The normalized spacial score (nSPS) is 15.8. The summed E-state index contributed by atoms with van der Waals surface area (Å²) in [5.41, 5.74) is 1.07. The summed E-state index contributed by atoms with van der Waals surface area (Å²) < 4.78 is 3.94. The van der Waals surface area contributed by atoms with E-state index in [1.54, 1.807) is 10.9 Å². The molecule has 0 aromatic carbocycles. The average Bonchev–Trinajstić information content (AvgIpc) is 3.20. The second-order valence-electron chi connectivity index (χ2n) is 7.33. The van der Waals surface area contributed by atoms with Crippen LogP contribution in [0.1, 0.15) is 42.9 Å². The van der Waals surface area contributed by atoms with E-state index >= 15 is 0 Å². The molecule has 0 saturated carbocycles. The standard InChI is InChI=1S/C18H29N7O/c1-5-25-16(12-22(3)4)20-21-18(25)15-6-8-23(9-7-15)17(26)13-24-11-14(2)10-19-24/h10-11,15H,5-9,12-13H2,1-4H3. The first-order valence-electron chi connectivity index (χ1n) is 9.31. The van der Waals surface area contributed by atoms with E-state index in [1.165, 1.54) is 0 Å². The SMILES string of the molecule is CCn1c(CN(C)C)nnc1C1CCN(C(=O)Cn2cc(C)cn2)CC1. The summed E-state index contributed by atoms with van der Waals surface area (Å²) in [6, 6.07) is 0. The molecule has 0 N–H and O–H groups in total. The van der Waals surface area contributed by atoms with Crippen LogP contribution in [-0.4, -0.2) is 67.4 Å². The van der Waals surface area contributed by atoms with Crippen molar-refractivity contribution >= 4 is 5.91 Å². The van der Waals surface area contributed by atoms with Crippen LogP contribution in [0.25, 0.3) is 0 Å². The van der Waals surface area contributed by atoms with Crippen molar-refractivity contribution in [2.75, 3.05) is 27.2 Å². The first-order valence-corrected chi connectivity index (χ1v) is 9.31. The smallest absolute Gasteiger partial charge is 0.244 e. The van der Waals surface area contributed by atoms with Gasteiger partial charge < -0.3 is 14.4 Å². The molecule has 3 rings (SSSR count). The van der Waals surface area contributed by atoms with Crippen LogP contribution in [0.4, 0.5) is 0 Å². The highest BCUT2D eigenvalue weighted by Crippen LogP contribution is 2.27. The largest absolute Gasteiger partial charge is 0.341 e. The number of carbonyl (C=O) groups is 1. The number of piperidine rings is 1. The molecule has 0 bridgehead atoms. The first kappa shape index (κ1) is 18.6. The molecular weight excluding hydrogens is 330 g/mol. The molecule has 8 nitrogen and oxygen atoms in total. The van der Waals surface area contributed by atoms with Gasteiger partial charge >= 0.3 is 0 Å². The number of aryl methyl sites for hydroxylation is 1. The zero-order chi connectivity index (χ0) is 18.7. The molecule has 2 aromatic heterocycles. The zero-order valence-electron chi connectivity index (χ0n) is 16.2. The molecule has 0 unspecified atom stereocenters. The van der Waals surface area contributed by atoms with Crippen LogP contribution < -0.4 is 0 Å². The van der Waals surface area contributed by atoms with Gasteiger partial charge in [0, 0.05) is 31.7 Å². The fourth-order valence-electron chi connectivity index (χ4n) is 3.57. The first-order chi connectivity index (χ1) is 12.5. The lowest BCUT2D eigenvalue weighted by atomic mass is 9.95. The second kappa shape index (κ2) is 7.99. The molecule has 0 radical (unpaired) electrons. The Labute approximate surface area is 154 Å². The van der Waals surface area contributed by atoms with Gasteiger partial charge in [-0.25, -0.2) is 0 Å². The molecule has 1 aliphatic rings. The van der Waals surface area contributed by atoms with Crippen LogP contribution in [0.15, 0.2) is 12.4 Å². The number of hydrogen-bond donors (Lipinski definition) is 0. The van der Waals surface area contributed by atoms with Gasteiger partial charge in [0.25, 0.3) is 0 Å². The molecule has 2 aromatic rings. The maximum Gasteiger partial charge on any atom is 0.244 e. The predicted octanol–water partition coefficient (Wildman–Crippen LogP) is 1.27. The van der Waals surface area contributed by atoms with E-state index in [1.807, 2.05) is 32.1 Å². The van der Waals surface area contributed by atoms with E-state index in [-0.39, 0.29) is 5.91 Å². The molecule has 0 spiro atoms. The maximum absolute atomic E-state index is 12.5. The molecule has 26 heavy (non-hydrogen) atoms. The molecule has 142 valence electrons. The lowest BCUT2D eigenvalue weighted by Crippen LogP contribution is -2.40. The summed E-state index contributed by atoms with van der Waals surface area (Å²) in [6.45, 7) is 7.64. The third-order valence-electron chi connectivity index (χ3n) is 4.90. The van der Waals surface area contributed by atoms with Crippen LogP contribution in [-0.2, 0) is 24.4 Å². The number of hydrogen-bond acceptors (Lipinski definition) is 5. The highest BCUT2D eigenvalue weighted by Gasteiger charge is 2.28. The van der Waals surface area contributed by atoms with Crippen molar-refractivity contribution in [3.8, 4) is 0 Å². The average molecular weight is 359 g/mol. The van der Waals surface area contributed by atoms with Gasteiger partial charge in [-0.1, -0.05) is 0 Å². The fraction of sp³-hybridized carbons (Fsp3) is 0.667. The Bertz CT molecular complexity index is 741. The Hall–Kier alpha value is -2.22. The fourth-order valence-corrected chi connectivity index (χ4v) is 3.57. The van der Waals surface area contributed by atoms with Crippen molar-refractivity contribution in [1.82, 2.24) is 34.3 Å². The summed E-state index contributed by atoms with van der Waals surface area (Å²) in [5.74, 6) is 2.59. The second-order valence-corrected chi connectivity index (χ2v) is 7.33. The molecule has 0 aliphatic carbocycles. The summed E-state index contributed by atoms with van der Waals surface area (Å²) in [4.78, 5) is 16.5. The molecule has 1 amide bonds. The zero-order valence-corrected chi connectivity index (χ0v) is 16.2. The molecular formula is C18H29N7O. The Morgan fingerprint density at radius 1 is 1.27 bits per heavy atom. The summed E-state index contributed by atoms with van der Waals surface area (Å²) in [6.07, 6.45) is 5.55. The van der Waals surface area contributed by atoms with Gasteiger partial charge in [0.15, 0.2) is 0 Å². The van der Waals surface area contributed by atoms with Crippen molar-refractivity contribution in [3.63, 3.8) is 0 Å². The van der Waals surface area contributed by atoms with Crippen LogP contribution in [0.2, 0.25) is 0 Å². The number of likely N-dealkylation sites (tertiary alicyclic amines) is 1. The molecule has 8 heteroatoms. The van der Waals surface area contributed by atoms with E-state index in [9.17, 15) is 4.79 Å². The summed E-state index contributed by atoms with van der Waals surface area (Å²) >= 11 is 0. The minimum absolute atomic E-state index is 0.136. The van der Waals surface area contributed by atoms with Gasteiger partial charge in [0.1, 0.15) is 18.2 Å². The van der Waals surface area contributed by atoms with Crippen LogP contribution in [0.5, 0.6) is 0 Å². The number of nitrogens with zero attached hydrogens (tertiary/aromatic N) is 7. The number of aromatic nitrogens is 5. The van der Waals surface area contributed by atoms with E-state index in [0.717, 1.165) is 56.2 Å². The Morgan fingerprint density at radius 2 is 2.00 bits per heavy atom. The Kier molecular flexibility index (Phi) is 5.70. The number of amides is 1. The van der Waals surface area contributed by atoms with E-state index in [0.29, 0.717) is 12.5 Å². The number of carbonyl (C=O) groups excluding carboxylic acids is 1. The third-order valence-corrected chi connectivity index (χ3v) is 4.90. The van der Waals surface area contributed by atoms with Crippen molar-refractivity contribution < 1.29 is 4.79 Å². The van der Waals surface area contributed by atoms with Crippen LogP contribution in [0.3, 0.4) is 0 Å². The van der Waals surface area contributed by atoms with Gasteiger partial charge in [-0.05, 0) is 46.3 Å². The van der Waals surface area contributed by atoms with Crippen molar-refractivity contribution in [1.29, 1.82) is 0 Å². The molecule has 1 aliphatic heterocycles. The highest BCUT2D eigenvalue weighted by atomic mass is 16.2. The van der Waals surface area contributed by atoms with Gasteiger partial charge in [0.05, 0.1) is 12.7 Å². The predicted molar refractivity (Wildman–Crippen MR) is 98.6 cm³/mol. The topological polar surface area (TPSA) is 72.1 Å². The molecule has 1 fully saturated rings. The number of rotatable bonds is 6. The van der Waals surface area contributed by atoms with Crippen molar-refractivity contribution in [2.45, 2.75) is 52.2 Å². The minimum atomic E-state index is 0.136. The van der Waals surface area contributed by atoms with Gasteiger partial charge in [-0.2, -0.15) is 5.10 Å². The monoisotopic (exact) mass is 359 g/mol. The summed E-state index contributed by atoms with van der Waals surface area (Å²) in [5, 5.41) is 13.1. The van der Waals surface area contributed by atoms with Crippen molar-refractivity contribution in [3.05, 3.63) is 29.6 Å². The molecule has 3 heterocycles. The summed E-state index contributed by atoms with van der Waals surface area (Å²) in [7, 11) is 4.08.